The second kappa shape index (κ2) is 6.40. The third-order valence-corrected chi connectivity index (χ3v) is 5.39. The van der Waals surface area contributed by atoms with Crippen LogP contribution in [-0.2, 0) is 16.6 Å². The molecule has 1 atom stereocenters. The Hall–Kier alpha value is -2.54. The number of H-pyrrole nitrogens is 1. The van der Waals surface area contributed by atoms with Gasteiger partial charge >= 0.3 is 0 Å². The van der Waals surface area contributed by atoms with Gasteiger partial charge in [-0.25, -0.2) is 4.98 Å². The number of nitrogens with zero attached hydrogens (tertiary/aromatic N) is 2. The molecule has 7 heteroatoms. The SMILES string of the molecule is COc1ccnc(CS(=O)c2nc3ccc(C(=O)C4CC4)cc3[nH]2)c1. The fourth-order valence-electron chi connectivity index (χ4n) is 2.69. The fraction of sp³-hybridized carbons (Fsp3) is 0.278. The Kier molecular flexibility index (Phi) is 4.09. The highest BCUT2D eigenvalue weighted by molar-refractivity contribution is 7.84. The van der Waals surface area contributed by atoms with E-state index in [2.05, 4.69) is 15.0 Å². The van der Waals surface area contributed by atoms with Crippen molar-refractivity contribution < 1.29 is 13.7 Å². The van der Waals surface area contributed by atoms with Crippen molar-refractivity contribution in [1.29, 1.82) is 0 Å². The van der Waals surface area contributed by atoms with Crippen LogP contribution in [0.4, 0.5) is 0 Å². The number of carbonyl (C=O) groups is 1. The third-order valence-electron chi connectivity index (χ3n) is 4.21. The largest absolute Gasteiger partial charge is 0.497 e. The highest BCUT2D eigenvalue weighted by Crippen LogP contribution is 2.33. The van der Waals surface area contributed by atoms with E-state index in [9.17, 15) is 9.00 Å². The quantitative estimate of drug-likeness (QED) is 0.687. The summed E-state index contributed by atoms with van der Waals surface area (Å²) in [4.78, 5) is 23.9. The van der Waals surface area contributed by atoms with E-state index in [0.717, 1.165) is 18.4 Å². The molecule has 0 saturated heterocycles. The normalized spacial score (nSPS) is 15.2. The number of nitrogens with one attached hydrogen (secondary N) is 1. The van der Waals surface area contributed by atoms with Crippen LogP contribution < -0.4 is 4.74 Å². The molecule has 1 fully saturated rings. The van der Waals surface area contributed by atoms with E-state index in [1.165, 1.54) is 0 Å². The first kappa shape index (κ1) is 16.0. The van der Waals surface area contributed by atoms with Crippen LogP contribution in [-0.4, -0.2) is 32.1 Å². The van der Waals surface area contributed by atoms with Gasteiger partial charge in [0.25, 0.3) is 0 Å². The molecule has 0 aliphatic heterocycles. The number of benzene rings is 1. The van der Waals surface area contributed by atoms with Crippen LogP contribution in [0.5, 0.6) is 5.75 Å². The molecule has 1 unspecified atom stereocenters. The van der Waals surface area contributed by atoms with Gasteiger partial charge in [0, 0.05) is 23.7 Å². The van der Waals surface area contributed by atoms with Gasteiger partial charge in [-0.2, -0.15) is 0 Å². The minimum absolute atomic E-state index is 0.174. The molecule has 0 bridgehead atoms. The zero-order valence-corrected chi connectivity index (χ0v) is 14.5. The Balaban J connectivity index is 1.57. The van der Waals surface area contributed by atoms with E-state index in [1.54, 1.807) is 43.6 Å². The van der Waals surface area contributed by atoms with Crippen LogP contribution in [0.2, 0.25) is 0 Å². The molecule has 25 heavy (non-hydrogen) atoms. The van der Waals surface area contributed by atoms with Crippen molar-refractivity contribution in [3.63, 3.8) is 0 Å². The monoisotopic (exact) mass is 355 g/mol. The first-order chi connectivity index (χ1) is 12.1. The second-order valence-corrected chi connectivity index (χ2v) is 7.46. The first-order valence-electron chi connectivity index (χ1n) is 8.05. The molecule has 6 nitrogen and oxygen atoms in total. The number of ketones is 1. The summed E-state index contributed by atoms with van der Waals surface area (Å²) in [6.45, 7) is 0. The number of Topliss-reactive ketones (excluding diaryl/α,β-unsaturated/α-hetero) is 1. The van der Waals surface area contributed by atoms with Crippen molar-refractivity contribution >= 4 is 27.6 Å². The third kappa shape index (κ3) is 3.32. The highest BCUT2D eigenvalue weighted by Gasteiger charge is 2.30. The number of ether oxygens (including phenoxy) is 1. The predicted octanol–water partition coefficient (Wildman–Crippen LogP) is 2.87. The number of aromatic amines is 1. The Morgan fingerprint density at radius 1 is 1.32 bits per heavy atom. The van der Waals surface area contributed by atoms with Gasteiger partial charge in [0.1, 0.15) is 5.75 Å². The second-order valence-electron chi connectivity index (χ2n) is 6.09. The van der Waals surface area contributed by atoms with Crippen molar-refractivity contribution in [2.45, 2.75) is 23.8 Å². The molecule has 2 aromatic heterocycles. The number of imidazole rings is 1. The summed E-state index contributed by atoms with van der Waals surface area (Å²) >= 11 is 0. The number of hydrogen-bond donors (Lipinski definition) is 1. The number of pyridine rings is 1. The maximum Gasteiger partial charge on any atom is 0.197 e. The molecule has 2 heterocycles. The van der Waals surface area contributed by atoms with E-state index in [1.807, 2.05) is 0 Å². The van der Waals surface area contributed by atoms with E-state index >= 15 is 0 Å². The molecule has 0 radical (unpaired) electrons. The first-order valence-corrected chi connectivity index (χ1v) is 9.37. The van der Waals surface area contributed by atoms with Crippen molar-refractivity contribution in [2.75, 3.05) is 7.11 Å². The maximum atomic E-state index is 12.6. The van der Waals surface area contributed by atoms with Crippen LogP contribution in [0.3, 0.4) is 0 Å². The Morgan fingerprint density at radius 2 is 2.16 bits per heavy atom. The summed E-state index contributed by atoms with van der Waals surface area (Å²) in [6.07, 6.45) is 3.57. The summed E-state index contributed by atoms with van der Waals surface area (Å²) in [5, 5.41) is 0.385. The molecular weight excluding hydrogens is 338 g/mol. The van der Waals surface area contributed by atoms with Gasteiger partial charge in [0.2, 0.25) is 0 Å². The van der Waals surface area contributed by atoms with E-state index in [0.29, 0.717) is 27.7 Å². The van der Waals surface area contributed by atoms with Gasteiger partial charge < -0.3 is 9.72 Å². The van der Waals surface area contributed by atoms with Crippen LogP contribution in [0, 0.1) is 5.92 Å². The van der Waals surface area contributed by atoms with E-state index < -0.39 is 10.8 Å². The summed E-state index contributed by atoms with van der Waals surface area (Å²) in [5.74, 6) is 1.27. The lowest BCUT2D eigenvalue weighted by Crippen LogP contribution is -2.01. The van der Waals surface area contributed by atoms with Crippen molar-refractivity contribution in [1.82, 2.24) is 15.0 Å². The number of hydrogen-bond acceptors (Lipinski definition) is 5. The highest BCUT2D eigenvalue weighted by atomic mass is 32.2. The van der Waals surface area contributed by atoms with E-state index in [-0.39, 0.29) is 17.5 Å². The number of carbonyl (C=O) groups excluding carboxylic acids is 1. The molecule has 128 valence electrons. The fourth-order valence-corrected chi connectivity index (χ4v) is 3.68. The number of rotatable bonds is 6. The van der Waals surface area contributed by atoms with Crippen LogP contribution >= 0.6 is 0 Å². The standard InChI is InChI=1S/C18H17N3O3S/c1-24-14-6-7-19-13(9-14)10-25(23)18-20-15-5-4-12(8-16(15)21-18)17(22)11-2-3-11/h4-9,11H,2-3,10H2,1H3,(H,20,21). The summed E-state index contributed by atoms with van der Waals surface area (Å²) < 4.78 is 17.7. The average Bonchev–Trinajstić information content (AvgIpc) is 3.39. The van der Waals surface area contributed by atoms with Gasteiger partial charge in [-0.15, -0.1) is 0 Å². The van der Waals surface area contributed by atoms with Gasteiger partial charge in [-0.05, 0) is 37.1 Å². The zero-order chi connectivity index (χ0) is 17.4. The van der Waals surface area contributed by atoms with Crippen molar-refractivity contribution in [3.05, 3.63) is 47.8 Å². The lowest BCUT2D eigenvalue weighted by Gasteiger charge is -2.02. The number of methoxy groups -OCH3 is 1. The molecule has 4 rings (SSSR count). The summed E-state index contributed by atoms with van der Waals surface area (Å²) in [6, 6.07) is 8.89. The zero-order valence-electron chi connectivity index (χ0n) is 13.7. The summed E-state index contributed by atoms with van der Waals surface area (Å²) in [7, 11) is 0.219. The van der Waals surface area contributed by atoms with Gasteiger partial charge in [-0.1, -0.05) is 0 Å². The smallest absolute Gasteiger partial charge is 0.197 e. The molecule has 1 aromatic carbocycles. The minimum atomic E-state index is -1.36. The van der Waals surface area contributed by atoms with E-state index in [4.69, 9.17) is 4.74 Å². The average molecular weight is 355 g/mol. The molecule has 3 aromatic rings. The molecule has 1 saturated carbocycles. The van der Waals surface area contributed by atoms with Crippen LogP contribution in [0.1, 0.15) is 28.9 Å². The molecule has 1 aliphatic rings. The molecule has 0 spiro atoms. The van der Waals surface area contributed by atoms with Gasteiger partial charge in [0.05, 0.1) is 40.4 Å². The number of fused-ring (bicyclic) bond motifs is 1. The lowest BCUT2D eigenvalue weighted by atomic mass is 10.1. The topological polar surface area (TPSA) is 84.9 Å². The molecular formula is C18H17N3O3S. The lowest BCUT2D eigenvalue weighted by molar-refractivity contribution is 0.0968. The van der Waals surface area contributed by atoms with Crippen LogP contribution in [0.25, 0.3) is 11.0 Å². The molecule has 1 aliphatic carbocycles. The number of aromatic nitrogens is 3. The van der Waals surface area contributed by atoms with Gasteiger partial charge in [-0.3, -0.25) is 14.0 Å². The predicted molar refractivity (Wildman–Crippen MR) is 94.0 cm³/mol. The Morgan fingerprint density at radius 3 is 2.92 bits per heavy atom. The Bertz CT molecular complexity index is 979. The maximum absolute atomic E-state index is 12.6. The van der Waals surface area contributed by atoms with Gasteiger partial charge in [0.15, 0.2) is 10.9 Å². The molecule has 0 amide bonds. The van der Waals surface area contributed by atoms with Crippen molar-refractivity contribution in [3.8, 4) is 5.75 Å². The summed E-state index contributed by atoms with van der Waals surface area (Å²) in [5.41, 5.74) is 2.79. The molecule has 1 N–H and O–H groups in total. The van der Waals surface area contributed by atoms with Crippen molar-refractivity contribution in [2.24, 2.45) is 5.92 Å². The minimum Gasteiger partial charge on any atom is -0.497 e. The van der Waals surface area contributed by atoms with Crippen LogP contribution in [0.15, 0.2) is 41.7 Å². The Labute approximate surface area is 147 Å².